The summed E-state index contributed by atoms with van der Waals surface area (Å²) in [5.74, 6) is -0.745. The summed E-state index contributed by atoms with van der Waals surface area (Å²) in [7, 11) is 0. The van der Waals surface area contributed by atoms with E-state index in [9.17, 15) is 4.79 Å². The SMILES string of the molecule is O=C(N[C@@H]1C=C[C@@H](OCc2ccccc2)[C@H](OCc2ccccc2)[C@H]1OCc1ccccc1)C(Cl)(Cl)Cl. The van der Waals surface area contributed by atoms with E-state index in [4.69, 9.17) is 49.0 Å². The number of carbonyl (C=O) groups is 1. The maximum absolute atomic E-state index is 12.6. The lowest BCUT2D eigenvalue weighted by molar-refractivity contribution is -0.151. The van der Waals surface area contributed by atoms with Crippen LogP contribution in [0.2, 0.25) is 0 Å². The molecule has 0 saturated heterocycles. The van der Waals surface area contributed by atoms with Crippen LogP contribution in [-0.4, -0.2) is 34.1 Å². The molecule has 0 heterocycles. The summed E-state index contributed by atoms with van der Waals surface area (Å²) < 4.78 is 17.0. The molecule has 1 aliphatic carbocycles. The fourth-order valence-electron chi connectivity index (χ4n) is 4.04. The summed E-state index contributed by atoms with van der Waals surface area (Å²) in [6.45, 7) is 1.02. The zero-order valence-corrected chi connectivity index (χ0v) is 22.3. The van der Waals surface area contributed by atoms with Crippen LogP contribution in [0.25, 0.3) is 0 Å². The maximum atomic E-state index is 12.6. The second-order valence-electron chi connectivity index (χ2n) is 8.67. The zero-order chi connectivity index (χ0) is 26.1. The summed E-state index contributed by atoms with van der Waals surface area (Å²) in [5, 5.41) is 2.79. The predicted molar refractivity (Wildman–Crippen MR) is 146 cm³/mol. The van der Waals surface area contributed by atoms with E-state index in [1.807, 2.05) is 103 Å². The Morgan fingerprint density at radius 3 is 1.54 bits per heavy atom. The van der Waals surface area contributed by atoms with Gasteiger partial charge in [0.1, 0.15) is 18.3 Å². The Labute approximate surface area is 232 Å². The van der Waals surface area contributed by atoms with Gasteiger partial charge in [0, 0.05) is 0 Å². The first-order chi connectivity index (χ1) is 17.9. The minimum absolute atomic E-state index is 0.302. The van der Waals surface area contributed by atoms with E-state index in [0.717, 1.165) is 16.7 Å². The fourth-order valence-corrected chi connectivity index (χ4v) is 4.21. The van der Waals surface area contributed by atoms with Gasteiger partial charge in [0.25, 0.3) is 9.70 Å². The van der Waals surface area contributed by atoms with E-state index in [1.165, 1.54) is 0 Å². The van der Waals surface area contributed by atoms with Crippen molar-refractivity contribution >= 4 is 40.7 Å². The van der Waals surface area contributed by atoms with Gasteiger partial charge in [0.05, 0.1) is 25.9 Å². The average Bonchev–Trinajstić information content (AvgIpc) is 2.91. The molecule has 8 heteroatoms. The fraction of sp³-hybridized carbons (Fsp3) is 0.276. The molecule has 4 rings (SSSR count). The highest BCUT2D eigenvalue weighted by Gasteiger charge is 2.42. The summed E-state index contributed by atoms with van der Waals surface area (Å²) in [6, 6.07) is 28.9. The minimum Gasteiger partial charge on any atom is -0.368 e. The molecule has 0 aliphatic heterocycles. The summed E-state index contributed by atoms with van der Waals surface area (Å²) >= 11 is 17.5. The minimum atomic E-state index is -2.11. The Kier molecular flexibility index (Phi) is 10.0. The lowest BCUT2D eigenvalue weighted by atomic mass is 9.93. The van der Waals surface area contributed by atoms with Crippen molar-refractivity contribution in [2.75, 3.05) is 0 Å². The van der Waals surface area contributed by atoms with Crippen LogP contribution in [0.5, 0.6) is 0 Å². The Morgan fingerprint density at radius 1 is 0.649 bits per heavy atom. The van der Waals surface area contributed by atoms with Gasteiger partial charge >= 0.3 is 0 Å². The number of ether oxygens (including phenoxy) is 3. The second kappa shape index (κ2) is 13.4. The van der Waals surface area contributed by atoms with Gasteiger partial charge in [-0.1, -0.05) is 138 Å². The molecule has 0 radical (unpaired) electrons. The van der Waals surface area contributed by atoms with Crippen LogP contribution in [0.1, 0.15) is 16.7 Å². The van der Waals surface area contributed by atoms with Crippen LogP contribution in [0.3, 0.4) is 0 Å². The van der Waals surface area contributed by atoms with Gasteiger partial charge in [0.2, 0.25) is 0 Å². The normalized spacial score (nSPS) is 21.5. The van der Waals surface area contributed by atoms with Gasteiger partial charge in [-0.3, -0.25) is 4.79 Å². The molecular weight excluding hydrogens is 533 g/mol. The number of halogens is 3. The van der Waals surface area contributed by atoms with Crippen molar-refractivity contribution in [1.82, 2.24) is 5.32 Å². The highest BCUT2D eigenvalue weighted by atomic mass is 35.6. The third kappa shape index (κ3) is 8.30. The first kappa shape index (κ1) is 27.6. The van der Waals surface area contributed by atoms with E-state index in [-0.39, 0.29) is 0 Å². The Balaban J connectivity index is 1.59. The second-order valence-corrected chi connectivity index (χ2v) is 10.9. The van der Waals surface area contributed by atoms with Crippen molar-refractivity contribution in [3.8, 4) is 0 Å². The zero-order valence-electron chi connectivity index (χ0n) is 20.0. The highest BCUT2D eigenvalue weighted by molar-refractivity contribution is 6.76. The molecular formula is C29H28Cl3NO4. The quantitative estimate of drug-likeness (QED) is 0.238. The van der Waals surface area contributed by atoms with Gasteiger partial charge in [0.15, 0.2) is 0 Å². The van der Waals surface area contributed by atoms with E-state index in [1.54, 1.807) is 0 Å². The molecule has 0 spiro atoms. The van der Waals surface area contributed by atoms with Crippen LogP contribution in [-0.2, 0) is 38.8 Å². The van der Waals surface area contributed by atoms with Crippen molar-refractivity contribution in [2.24, 2.45) is 0 Å². The van der Waals surface area contributed by atoms with Crippen molar-refractivity contribution in [1.29, 1.82) is 0 Å². The third-order valence-corrected chi connectivity index (χ3v) is 6.44. The number of carbonyl (C=O) groups excluding carboxylic acids is 1. The number of rotatable bonds is 10. The molecule has 194 valence electrons. The first-order valence-electron chi connectivity index (χ1n) is 11.9. The Hall–Kier alpha value is -2.38. The molecule has 0 aromatic heterocycles. The molecule has 0 bridgehead atoms. The number of nitrogens with one attached hydrogen (secondary N) is 1. The standard InChI is InChI=1S/C29H28Cl3NO4/c30-29(31,32)28(34)33-24-16-17-25(35-18-21-10-4-1-5-11-21)27(37-20-23-14-8-3-9-15-23)26(24)36-19-22-12-6-2-7-13-22/h1-17,24-27H,18-20H2,(H,33,34)/t24-,25-,26+,27+/m1/s1. The smallest absolute Gasteiger partial charge is 0.272 e. The molecule has 0 saturated carbocycles. The monoisotopic (exact) mass is 559 g/mol. The van der Waals surface area contributed by atoms with Gasteiger partial charge in [-0.05, 0) is 16.7 Å². The number of hydrogen-bond donors (Lipinski definition) is 1. The van der Waals surface area contributed by atoms with Gasteiger partial charge < -0.3 is 19.5 Å². The van der Waals surface area contributed by atoms with Crippen molar-refractivity contribution < 1.29 is 19.0 Å². The summed E-state index contributed by atoms with van der Waals surface area (Å²) in [5.41, 5.74) is 3.01. The Bertz CT molecular complexity index is 1140. The van der Waals surface area contributed by atoms with Crippen LogP contribution in [0.15, 0.2) is 103 Å². The van der Waals surface area contributed by atoms with Gasteiger partial charge in [-0.15, -0.1) is 0 Å². The van der Waals surface area contributed by atoms with Crippen molar-refractivity contribution in [3.63, 3.8) is 0 Å². The molecule has 3 aromatic carbocycles. The molecule has 37 heavy (non-hydrogen) atoms. The average molecular weight is 561 g/mol. The molecule has 3 aromatic rings. The molecule has 1 N–H and O–H groups in total. The topological polar surface area (TPSA) is 56.8 Å². The number of amides is 1. The van der Waals surface area contributed by atoms with E-state index in [2.05, 4.69) is 5.32 Å². The predicted octanol–water partition coefficient (Wildman–Crippen LogP) is 6.17. The highest BCUT2D eigenvalue weighted by Crippen LogP contribution is 2.29. The number of hydrogen-bond acceptors (Lipinski definition) is 4. The van der Waals surface area contributed by atoms with E-state index >= 15 is 0 Å². The molecule has 1 aliphatic rings. The Morgan fingerprint density at radius 2 is 1.08 bits per heavy atom. The first-order valence-corrected chi connectivity index (χ1v) is 13.1. The van der Waals surface area contributed by atoms with Crippen molar-refractivity contribution in [3.05, 3.63) is 120 Å². The molecule has 1 amide bonds. The molecule has 4 atom stereocenters. The summed E-state index contributed by atoms with van der Waals surface area (Å²) in [6.07, 6.45) is 2.06. The van der Waals surface area contributed by atoms with Crippen LogP contribution >= 0.6 is 34.8 Å². The van der Waals surface area contributed by atoms with Crippen LogP contribution in [0.4, 0.5) is 0 Å². The molecule has 0 fully saturated rings. The van der Waals surface area contributed by atoms with Crippen molar-refractivity contribution in [2.45, 2.75) is 48.0 Å². The van der Waals surface area contributed by atoms with Crippen LogP contribution < -0.4 is 5.32 Å². The third-order valence-electron chi connectivity index (χ3n) is 5.92. The number of benzene rings is 3. The van der Waals surface area contributed by atoms with Crippen LogP contribution in [0, 0.1) is 0 Å². The molecule has 5 nitrogen and oxygen atoms in total. The van der Waals surface area contributed by atoms with E-state index < -0.39 is 34.1 Å². The lowest BCUT2D eigenvalue weighted by Gasteiger charge is -2.39. The van der Waals surface area contributed by atoms with E-state index in [0.29, 0.717) is 19.8 Å². The maximum Gasteiger partial charge on any atom is 0.272 e. The number of alkyl halides is 3. The largest absolute Gasteiger partial charge is 0.368 e. The summed E-state index contributed by atoms with van der Waals surface area (Å²) in [4.78, 5) is 12.6. The molecule has 0 unspecified atom stereocenters. The van der Waals surface area contributed by atoms with Gasteiger partial charge in [-0.2, -0.15) is 0 Å². The lowest BCUT2D eigenvalue weighted by Crippen LogP contribution is -2.57. The van der Waals surface area contributed by atoms with Gasteiger partial charge in [-0.25, -0.2) is 0 Å².